The molecule has 1 aliphatic heterocycles. The van der Waals surface area contributed by atoms with Crippen molar-refractivity contribution in [2.45, 2.75) is 13.0 Å². The maximum Gasteiger partial charge on any atom is 1.00 e. The number of thiophene rings is 1. The van der Waals surface area contributed by atoms with Gasteiger partial charge in [-0.05, 0) is 19.1 Å². The number of rotatable bonds is 4. The second-order valence-corrected chi connectivity index (χ2v) is 8.25. The van der Waals surface area contributed by atoms with Crippen molar-refractivity contribution in [3.05, 3.63) is 38.4 Å². The molecule has 3 heterocycles. The summed E-state index contributed by atoms with van der Waals surface area (Å²) in [5.41, 5.74) is 0.973. The van der Waals surface area contributed by atoms with Crippen LogP contribution in [0.4, 0.5) is 5.00 Å². The van der Waals surface area contributed by atoms with Crippen molar-refractivity contribution < 1.29 is 35.0 Å². The second kappa shape index (κ2) is 7.14. The average Bonchev–Trinajstić information content (AvgIpc) is 3.02. The number of carboxylic acids is 1. The molecule has 1 amide bonds. The van der Waals surface area contributed by atoms with E-state index in [0.29, 0.717) is 33.1 Å². The van der Waals surface area contributed by atoms with Gasteiger partial charge in [0.1, 0.15) is 10.6 Å². The predicted octanol–water partition coefficient (Wildman–Crippen LogP) is 0.371. The molecule has 2 aromatic rings. The van der Waals surface area contributed by atoms with Gasteiger partial charge in [-0.3, -0.25) is 4.79 Å². The van der Waals surface area contributed by atoms with Gasteiger partial charge in [0.2, 0.25) is 0 Å². The largest absolute Gasteiger partial charge is 1.00 e. The monoisotopic (exact) mass is 407 g/mol. The Hall–Kier alpha value is -1.10. The summed E-state index contributed by atoms with van der Waals surface area (Å²) in [6, 6.07) is 3.60. The molecule has 6 nitrogen and oxygen atoms in total. The third kappa shape index (κ3) is 3.28. The number of carbonyl (C=O) groups excluding carboxylic acids is 1. The minimum absolute atomic E-state index is 0. The van der Waals surface area contributed by atoms with Crippen molar-refractivity contribution in [2.24, 2.45) is 11.8 Å². The van der Waals surface area contributed by atoms with Gasteiger partial charge in [-0.1, -0.05) is 23.2 Å². The van der Waals surface area contributed by atoms with E-state index in [1.54, 1.807) is 13.0 Å². The van der Waals surface area contributed by atoms with Gasteiger partial charge in [0.25, 0.3) is 5.91 Å². The zero-order valence-corrected chi connectivity index (χ0v) is 16.5. The minimum atomic E-state index is -0.900. The van der Waals surface area contributed by atoms with E-state index < -0.39 is 5.97 Å². The summed E-state index contributed by atoms with van der Waals surface area (Å²) in [5, 5.41) is 13.6. The number of aromatic amines is 1. The van der Waals surface area contributed by atoms with Crippen LogP contribution in [0, 0.1) is 18.8 Å². The molecule has 0 spiro atoms. The molecule has 10 heteroatoms. The molecular weight excluding hydrogens is 392 g/mol. The molecule has 3 N–H and O–H groups in total. The Morgan fingerprint density at radius 1 is 1.31 bits per heavy atom. The van der Waals surface area contributed by atoms with E-state index in [0.717, 1.165) is 18.1 Å². The number of nitrogens with zero attached hydrogens (tertiary/aromatic N) is 1. The van der Waals surface area contributed by atoms with Crippen LogP contribution >= 0.6 is 34.5 Å². The SMILES string of the molecule is Cc1[nH]c(C(=O)NC2[C@H]3CN(c4ccc(C(=O)O)s4)C[C@@H]23)c(Cl)c1Cl.[H-].[Li+]. The Morgan fingerprint density at radius 2 is 1.96 bits per heavy atom. The summed E-state index contributed by atoms with van der Waals surface area (Å²) >= 11 is 13.4. The van der Waals surface area contributed by atoms with Gasteiger partial charge in [0, 0.05) is 36.7 Å². The molecule has 1 saturated carbocycles. The first-order valence-electron chi connectivity index (χ1n) is 7.79. The molecule has 0 aromatic carbocycles. The number of fused-ring (bicyclic) bond motifs is 1. The van der Waals surface area contributed by atoms with Crippen LogP contribution in [-0.2, 0) is 0 Å². The number of carboxylic acid groups (broad SMARTS) is 1. The van der Waals surface area contributed by atoms with E-state index >= 15 is 0 Å². The van der Waals surface area contributed by atoms with E-state index in [1.165, 1.54) is 11.3 Å². The summed E-state index contributed by atoms with van der Waals surface area (Å²) in [5.74, 6) is -0.382. The Morgan fingerprint density at radius 3 is 2.46 bits per heavy atom. The van der Waals surface area contributed by atoms with Crippen molar-refractivity contribution in [1.29, 1.82) is 0 Å². The fourth-order valence-corrected chi connectivity index (χ4v) is 4.76. The van der Waals surface area contributed by atoms with Crippen molar-refractivity contribution >= 4 is 51.4 Å². The Bertz CT molecular complexity index is 878. The van der Waals surface area contributed by atoms with Crippen LogP contribution in [-0.4, -0.2) is 41.1 Å². The third-order valence-corrected chi connectivity index (χ3v) is 6.97. The van der Waals surface area contributed by atoms with Crippen molar-refractivity contribution in [2.75, 3.05) is 18.0 Å². The number of aromatic carboxylic acids is 1. The molecule has 2 fully saturated rings. The van der Waals surface area contributed by atoms with Gasteiger partial charge in [-0.2, -0.15) is 0 Å². The molecule has 134 valence electrons. The molecule has 1 unspecified atom stereocenters. The van der Waals surface area contributed by atoms with Crippen molar-refractivity contribution in [3.8, 4) is 0 Å². The normalized spacial score (nSPS) is 23.3. The molecule has 0 radical (unpaired) electrons. The smallest absolute Gasteiger partial charge is 1.00 e. The molecular formula is C16H16Cl2LiN3O3S. The van der Waals surface area contributed by atoms with E-state index in [-0.39, 0.29) is 37.3 Å². The number of H-pyrrole nitrogens is 1. The van der Waals surface area contributed by atoms with E-state index in [4.69, 9.17) is 28.3 Å². The number of amides is 1. The summed E-state index contributed by atoms with van der Waals surface area (Å²) in [6.07, 6.45) is 0. The maximum atomic E-state index is 12.4. The van der Waals surface area contributed by atoms with Gasteiger partial charge < -0.3 is 21.7 Å². The summed E-state index contributed by atoms with van der Waals surface area (Å²) < 4.78 is 0. The maximum absolute atomic E-state index is 12.4. The molecule has 0 bridgehead atoms. The van der Waals surface area contributed by atoms with Crippen molar-refractivity contribution in [1.82, 2.24) is 10.3 Å². The number of hydrogen-bond acceptors (Lipinski definition) is 4. The molecule has 2 aliphatic rings. The molecule has 26 heavy (non-hydrogen) atoms. The molecule has 1 saturated heterocycles. The number of hydrogen-bond donors (Lipinski definition) is 3. The molecule has 4 rings (SSSR count). The first-order valence-corrected chi connectivity index (χ1v) is 9.36. The number of carbonyl (C=O) groups is 2. The van der Waals surface area contributed by atoms with E-state index in [9.17, 15) is 9.59 Å². The fourth-order valence-electron chi connectivity index (χ4n) is 3.48. The average molecular weight is 408 g/mol. The number of anilines is 1. The third-order valence-electron chi connectivity index (χ3n) is 4.89. The zero-order chi connectivity index (χ0) is 17.9. The summed E-state index contributed by atoms with van der Waals surface area (Å²) in [6.45, 7) is 3.39. The summed E-state index contributed by atoms with van der Waals surface area (Å²) in [7, 11) is 0. The topological polar surface area (TPSA) is 85.4 Å². The first kappa shape index (κ1) is 19.7. The minimum Gasteiger partial charge on any atom is -1.00 e. The van der Waals surface area contributed by atoms with Gasteiger partial charge in [-0.15, -0.1) is 11.3 Å². The number of nitrogens with one attached hydrogen (secondary N) is 2. The first-order chi connectivity index (χ1) is 11.9. The zero-order valence-electron chi connectivity index (χ0n) is 15.2. The quantitative estimate of drug-likeness (QED) is 0.639. The standard InChI is InChI=1S/C16H15Cl2N3O3S.Li.H/c1-6-11(17)12(18)14(19-6)15(22)20-13-7-4-21(5-8(7)13)10-3-2-9(25-10)16(23)24;;/h2-3,7-8,13,19H,4-5H2,1H3,(H,20,22)(H,23,24);;/q;+1;-1/t7-,8+,13?;;. The Balaban J connectivity index is 0.00000131. The van der Waals surface area contributed by atoms with Crippen LogP contribution in [0.5, 0.6) is 0 Å². The van der Waals surface area contributed by atoms with Gasteiger partial charge >= 0.3 is 24.8 Å². The molecule has 3 atom stereocenters. The predicted molar refractivity (Wildman–Crippen MR) is 98.4 cm³/mol. The summed E-state index contributed by atoms with van der Waals surface area (Å²) in [4.78, 5) is 28.8. The fraction of sp³-hybridized carbons (Fsp3) is 0.375. The Labute approximate surface area is 177 Å². The van der Waals surface area contributed by atoms with Gasteiger partial charge in [-0.25, -0.2) is 4.79 Å². The van der Waals surface area contributed by atoms with E-state index in [2.05, 4.69) is 15.2 Å². The van der Waals surface area contributed by atoms with Crippen molar-refractivity contribution in [3.63, 3.8) is 0 Å². The number of piperidine rings is 1. The van der Waals surface area contributed by atoms with Crippen LogP contribution in [0.1, 0.15) is 27.3 Å². The van der Waals surface area contributed by atoms with Gasteiger partial charge in [0.05, 0.1) is 15.0 Å². The van der Waals surface area contributed by atoms with E-state index in [1.807, 2.05) is 6.07 Å². The number of aromatic nitrogens is 1. The number of aryl methyl sites for hydroxylation is 1. The second-order valence-electron chi connectivity index (χ2n) is 6.43. The van der Waals surface area contributed by atoms with Crippen LogP contribution in [0.3, 0.4) is 0 Å². The number of halogens is 2. The Kier molecular flexibility index (Phi) is 5.40. The van der Waals surface area contributed by atoms with Crippen LogP contribution in [0.25, 0.3) is 0 Å². The molecule has 1 aliphatic carbocycles. The van der Waals surface area contributed by atoms with Crippen LogP contribution in [0.15, 0.2) is 12.1 Å². The molecule has 2 aromatic heterocycles. The van der Waals surface area contributed by atoms with Crippen LogP contribution < -0.4 is 29.1 Å². The van der Waals surface area contributed by atoms with Gasteiger partial charge in [0.15, 0.2) is 0 Å². The van der Waals surface area contributed by atoms with Crippen LogP contribution in [0.2, 0.25) is 10.0 Å².